The molecule has 4 aliphatic rings. The molecule has 2 saturated carbocycles. The lowest BCUT2D eigenvalue weighted by molar-refractivity contribution is -0.137. The number of hydrogen-bond acceptors (Lipinski definition) is 7. The quantitative estimate of drug-likeness (QED) is 0.221. The molecule has 1 N–H and O–H groups in total. The van der Waals surface area contributed by atoms with E-state index in [-0.39, 0.29) is 39.5 Å². The van der Waals surface area contributed by atoms with E-state index in [0.29, 0.717) is 24.5 Å². The Labute approximate surface area is 276 Å². The number of methoxy groups -OCH3 is 1. The van der Waals surface area contributed by atoms with Gasteiger partial charge in [0, 0.05) is 16.0 Å². The van der Waals surface area contributed by atoms with Crippen molar-refractivity contribution in [1.29, 1.82) is 0 Å². The predicted octanol–water partition coefficient (Wildman–Crippen LogP) is 7.03. The number of ether oxygens (including phenoxy) is 2. The number of benzene rings is 3. The number of thiazole rings is 1. The van der Waals surface area contributed by atoms with Crippen LogP contribution in [0.3, 0.4) is 0 Å². The molecule has 4 aromatic rings. The number of aromatic nitrogens is 1. The first-order chi connectivity index (χ1) is 22.5. The van der Waals surface area contributed by atoms with Crippen molar-refractivity contribution in [3.05, 3.63) is 104 Å². The Kier molecular flexibility index (Phi) is 7.10. The lowest BCUT2D eigenvalue weighted by atomic mass is 9.68. The van der Waals surface area contributed by atoms with Crippen molar-refractivity contribution in [3.63, 3.8) is 0 Å². The number of alkyl halides is 3. The third kappa shape index (κ3) is 4.82. The van der Waals surface area contributed by atoms with Gasteiger partial charge in [0.2, 0.25) is 11.8 Å². The van der Waals surface area contributed by atoms with Crippen molar-refractivity contribution in [2.24, 2.45) is 29.6 Å². The van der Waals surface area contributed by atoms with Gasteiger partial charge in [-0.15, -0.1) is 11.8 Å². The lowest BCUT2D eigenvalue weighted by Crippen LogP contribution is -2.42. The van der Waals surface area contributed by atoms with E-state index in [1.165, 1.54) is 12.1 Å². The van der Waals surface area contributed by atoms with Gasteiger partial charge in [0.1, 0.15) is 6.61 Å². The number of imide groups is 1. The molecule has 2 aliphatic carbocycles. The molecular formula is C35H29F3N2O5S2. The van der Waals surface area contributed by atoms with Gasteiger partial charge in [-0.25, -0.2) is 0 Å². The van der Waals surface area contributed by atoms with E-state index in [0.717, 1.165) is 55.0 Å². The fourth-order valence-electron chi connectivity index (χ4n) is 8.43. The first-order valence-corrected chi connectivity index (χ1v) is 17.0. The maximum Gasteiger partial charge on any atom is 0.416 e. The molecule has 1 saturated heterocycles. The number of fused-ring (bicyclic) bond motifs is 9. The van der Waals surface area contributed by atoms with Gasteiger partial charge in [-0.2, -0.15) is 13.2 Å². The molecule has 1 aromatic heterocycles. The van der Waals surface area contributed by atoms with Gasteiger partial charge < -0.3 is 14.5 Å². The maximum atomic E-state index is 14.0. The number of nitrogens with zero attached hydrogens (tertiary/aromatic N) is 1. The van der Waals surface area contributed by atoms with Crippen molar-refractivity contribution >= 4 is 40.6 Å². The Morgan fingerprint density at radius 2 is 1.70 bits per heavy atom. The summed E-state index contributed by atoms with van der Waals surface area (Å²) < 4.78 is 52.5. The van der Waals surface area contributed by atoms with Crippen molar-refractivity contribution in [1.82, 2.24) is 4.98 Å². The van der Waals surface area contributed by atoms with Gasteiger partial charge in [-0.05, 0) is 72.6 Å². The molecule has 47 heavy (non-hydrogen) atoms. The minimum Gasteiger partial charge on any atom is -0.493 e. The van der Waals surface area contributed by atoms with Crippen molar-refractivity contribution in [3.8, 4) is 11.5 Å². The standard InChI is InChI=1S/C35H29F3N2O5S2/c1-16-5-3-6-17(11-16)15-45-23-10-9-18(12-24(23)44-2)25-26-21-14-22(29(26)46-31-30(25)47-34(43)39-31)28-27(21)32(41)40(33(28)42)20-8-4-7-19(13-20)35(36,37)38/h3-13,21-22,25-29H,14-15H2,1-2H3,(H,39,43)/t21-,22-,25+,26+,27+,28+,29-/m1/s1. The summed E-state index contributed by atoms with van der Waals surface area (Å²) in [5, 5.41) is 0.700. The summed E-state index contributed by atoms with van der Waals surface area (Å²) in [5.74, 6) is -1.70. The van der Waals surface area contributed by atoms with Gasteiger partial charge in [-0.1, -0.05) is 53.3 Å². The van der Waals surface area contributed by atoms with Crippen LogP contribution in [-0.2, 0) is 22.4 Å². The second kappa shape index (κ2) is 11.0. The zero-order valence-corrected chi connectivity index (χ0v) is 26.9. The fourth-order valence-corrected chi connectivity index (χ4v) is 11.3. The molecule has 7 nitrogen and oxygen atoms in total. The van der Waals surface area contributed by atoms with Crippen LogP contribution >= 0.6 is 23.1 Å². The van der Waals surface area contributed by atoms with Crippen molar-refractivity contribution in [2.45, 2.75) is 42.3 Å². The highest BCUT2D eigenvalue weighted by molar-refractivity contribution is 8.00. The Morgan fingerprint density at radius 1 is 0.936 bits per heavy atom. The van der Waals surface area contributed by atoms with E-state index in [4.69, 9.17) is 9.47 Å². The Balaban J connectivity index is 1.14. The minimum absolute atomic E-state index is 0.0507. The summed E-state index contributed by atoms with van der Waals surface area (Å²) in [5.41, 5.74) is 2.11. The van der Waals surface area contributed by atoms with Gasteiger partial charge in [-0.3, -0.25) is 19.3 Å². The average molecular weight is 679 g/mol. The number of anilines is 1. The highest BCUT2D eigenvalue weighted by Gasteiger charge is 2.69. The highest BCUT2D eigenvalue weighted by atomic mass is 32.2. The third-order valence-corrected chi connectivity index (χ3v) is 12.8. The number of aromatic amines is 1. The second-order valence-corrected chi connectivity index (χ2v) is 14.9. The first kappa shape index (κ1) is 30.3. The number of halogens is 3. The molecule has 242 valence electrons. The van der Waals surface area contributed by atoms with Crippen LogP contribution in [0.2, 0.25) is 0 Å². The molecule has 8 rings (SSSR count). The van der Waals surface area contributed by atoms with E-state index in [2.05, 4.69) is 11.1 Å². The predicted molar refractivity (Wildman–Crippen MR) is 171 cm³/mol. The summed E-state index contributed by atoms with van der Waals surface area (Å²) in [6.07, 6.45) is -3.94. The van der Waals surface area contributed by atoms with Crippen LogP contribution in [-0.4, -0.2) is 29.2 Å². The molecule has 12 heteroatoms. The van der Waals surface area contributed by atoms with E-state index in [1.807, 2.05) is 43.3 Å². The normalized spacial score (nSPS) is 27.5. The zero-order valence-electron chi connectivity index (χ0n) is 25.2. The van der Waals surface area contributed by atoms with Crippen molar-refractivity contribution in [2.75, 3.05) is 12.0 Å². The van der Waals surface area contributed by atoms with E-state index < -0.39 is 35.4 Å². The molecular weight excluding hydrogens is 650 g/mol. The van der Waals surface area contributed by atoms with E-state index in [9.17, 15) is 27.6 Å². The molecule has 3 heterocycles. The van der Waals surface area contributed by atoms with Gasteiger partial charge in [0.25, 0.3) is 0 Å². The molecule has 7 atom stereocenters. The number of H-pyrrole nitrogens is 1. The summed E-state index contributed by atoms with van der Waals surface area (Å²) in [7, 11) is 1.57. The Morgan fingerprint density at radius 3 is 2.45 bits per heavy atom. The third-order valence-electron chi connectivity index (χ3n) is 10.2. The largest absolute Gasteiger partial charge is 0.493 e. The van der Waals surface area contributed by atoms with E-state index >= 15 is 0 Å². The SMILES string of the molecule is COc1cc([C@@H]2c3sc(=O)[nH]c3S[C@@H]3[C@@H]4C[C@@H]([C@@H]5C(=O)N(c6cccc(C(F)(F)F)c6)C(=O)[C@@H]45)[C@@H]23)ccc1OCc1cccc(C)c1. The van der Waals surface area contributed by atoms with Crippen LogP contribution in [0.1, 0.15) is 39.5 Å². The molecule has 3 aromatic carbocycles. The Bertz CT molecular complexity index is 1990. The Hall–Kier alpha value is -4.03. The van der Waals surface area contributed by atoms with Gasteiger partial charge >= 0.3 is 11.0 Å². The van der Waals surface area contributed by atoms with Crippen LogP contribution in [0, 0.1) is 36.5 Å². The summed E-state index contributed by atoms with van der Waals surface area (Å²) in [6.45, 7) is 2.38. The summed E-state index contributed by atoms with van der Waals surface area (Å²) >= 11 is 2.70. The maximum absolute atomic E-state index is 14.0. The summed E-state index contributed by atoms with van der Waals surface area (Å²) in [6, 6.07) is 18.2. The lowest BCUT2D eigenvalue weighted by Gasteiger charge is -2.43. The van der Waals surface area contributed by atoms with E-state index in [1.54, 1.807) is 18.9 Å². The second-order valence-electron chi connectivity index (χ2n) is 12.7. The summed E-state index contributed by atoms with van der Waals surface area (Å²) in [4.78, 5) is 45.2. The number of nitrogens with one attached hydrogen (secondary N) is 1. The molecule has 2 aliphatic heterocycles. The van der Waals surface area contributed by atoms with Crippen molar-refractivity contribution < 1.29 is 32.2 Å². The molecule has 2 bridgehead atoms. The monoisotopic (exact) mass is 678 g/mol. The number of thioether (sulfide) groups is 1. The van der Waals surface area contributed by atoms with Crippen LogP contribution in [0.5, 0.6) is 11.5 Å². The molecule has 0 spiro atoms. The number of amides is 2. The van der Waals surface area contributed by atoms with Crippen LogP contribution in [0.4, 0.5) is 18.9 Å². The highest BCUT2D eigenvalue weighted by Crippen LogP contribution is 2.69. The molecule has 0 unspecified atom stereocenters. The van der Waals surface area contributed by atoms with Gasteiger partial charge in [0.05, 0.1) is 35.2 Å². The molecule has 3 fully saturated rings. The number of rotatable bonds is 6. The number of hydrogen-bond donors (Lipinski definition) is 1. The number of aryl methyl sites for hydroxylation is 1. The smallest absolute Gasteiger partial charge is 0.416 e. The average Bonchev–Trinajstić information content (AvgIpc) is 3.78. The zero-order chi connectivity index (χ0) is 32.8. The van der Waals surface area contributed by atoms with Crippen LogP contribution < -0.4 is 19.2 Å². The first-order valence-electron chi connectivity index (χ1n) is 15.3. The topological polar surface area (TPSA) is 88.7 Å². The van der Waals surface area contributed by atoms with Crippen LogP contribution in [0.25, 0.3) is 0 Å². The van der Waals surface area contributed by atoms with Crippen LogP contribution in [0.15, 0.2) is 76.6 Å². The molecule has 2 amide bonds. The number of carbonyl (C=O) groups is 2. The minimum atomic E-state index is -4.61. The fraction of sp³-hybridized carbons (Fsp3) is 0.343. The van der Waals surface area contributed by atoms with Gasteiger partial charge in [0.15, 0.2) is 11.5 Å². The molecule has 0 radical (unpaired) electrons. The number of carbonyl (C=O) groups excluding carboxylic acids is 2.